The van der Waals surface area contributed by atoms with E-state index in [2.05, 4.69) is 26.2 Å². The summed E-state index contributed by atoms with van der Waals surface area (Å²) in [5.41, 5.74) is 2.90. The number of hydrogen-bond acceptors (Lipinski definition) is 3. The van der Waals surface area contributed by atoms with Crippen LogP contribution in [0, 0.1) is 5.92 Å². The molecule has 6 heteroatoms. The molecule has 1 unspecified atom stereocenters. The molecule has 0 aromatic heterocycles. The number of allylic oxidation sites excluding steroid dienone is 3. The minimum atomic E-state index is -0.497. The maximum atomic E-state index is 12.9. The largest absolute Gasteiger partial charge is 0.306 e. The first kappa shape index (κ1) is 14.3. The standard InChI is InChI=1S/C17H12BrN3O2/c18-11-5-6-14-10(9-11)7-8-21(14)17(23)15-12-3-1-2-4-13(12)16(22)20-19-15/h1-6,9,13H,7-8H2. The molecule has 4 rings (SSSR count). The molecule has 1 aliphatic carbocycles. The fourth-order valence-corrected chi connectivity index (χ4v) is 3.49. The molecule has 1 atom stereocenters. The molecule has 0 bridgehead atoms. The van der Waals surface area contributed by atoms with Crippen LogP contribution in [-0.4, -0.2) is 18.4 Å². The van der Waals surface area contributed by atoms with E-state index in [0.717, 1.165) is 22.1 Å². The van der Waals surface area contributed by atoms with Gasteiger partial charge in [0.25, 0.3) is 11.8 Å². The summed E-state index contributed by atoms with van der Waals surface area (Å²) in [7, 11) is 0. The average molecular weight is 370 g/mol. The molecule has 2 heterocycles. The highest BCUT2D eigenvalue weighted by Gasteiger charge is 2.34. The second kappa shape index (κ2) is 5.38. The lowest BCUT2D eigenvalue weighted by Gasteiger charge is -2.23. The van der Waals surface area contributed by atoms with Gasteiger partial charge in [0, 0.05) is 22.3 Å². The maximum absolute atomic E-state index is 12.9. The molecule has 5 nitrogen and oxygen atoms in total. The molecule has 0 spiro atoms. The molecule has 3 aliphatic rings. The lowest BCUT2D eigenvalue weighted by atomic mass is 9.91. The Morgan fingerprint density at radius 2 is 2.13 bits per heavy atom. The van der Waals surface area contributed by atoms with Gasteiger partial charge in [-0.05, 0) is 30.2 Å². The van der Waals surface area contributed by atoms with Crippen LogP contribution in [0.4, 0.5) is 5.69 Å². The van der Waals surface area contributed by atoms with Crippen molar-refractivity contribution in [2.24, 2.45) is 16.1 Å². The number of amides is 2. The minimum Gasteiger partial charge on any atom is -0.306 e. The molecule has 0 saturated carbocycles. The van der Waals surface area contributed by atoms with E-state index in [0.29, 0.717) is 12.1 Å². The van der Waals surface area contributed by atoms with Crippen LogP contribution in [0.25, 0.3) is 0 Å². The molecule has 1 aromatic carbocycles. The van der Waals surface area contributed by atoms with Crippen molar-refractivity contribution < 1.29 is 9.59 Å². The van der Waals surface area contributed by atoms with Gasteiger partial charge in [-0.25, -0.2) is 0 Å². The van der Waals surface area contributed by atoms with Gasteiger partial charge in [0.15, 0.2) is 5.70 Å². The van der Waals surface area contributed by atoms with E-state index < -0.39 is 5.92 Å². The van der Waals surface area contributed by atoms with Gasteiger partial charge in [-0.3, -0.25) is 9.59 Å². The summed E-state index contributed by atoms with van der Waals surface area (Å²) < 4.78 is 0.996. The number of azo groups is 1. The van der Waals surface area contributed by atoms with E-state index in [9.17, 15) is 9.59 Å². The van der Waals surface area contributed by atoms with Gasteiger partial charge >= 0.3 is 0 Å². The Morgan fingerprint density at radius 1 is 1.26 bits per heavy atom. The molecule has 0 fully saturated rings. The summed E-state index contributed by atoms with van der Waals surface area (Å²) in [5, 5.41) is 7.55. The van der Waals surface area contributed by atoms with E-state index >= 15 is 0 Å². The van der Waals surface area contributed by atoms with Crippen LogP contribution in [0.15, 0.2) is 68.5 Å². The Balaban J connectivity index is 1.74. The Kier molecular flexibility index (Phi) is 3.34. The minimum absolute atomic E-state index is 0.206. The molecule has 0 N–H and O–H groups in total. The molecule has 2 aliphatic heterocycles. The summed E-state index contributed by atoms with van der Waals surface area (Å²) >= 11 is 3.45. The summed E-state index contributed by atoms with van der Waals surface area (Å²) in [6.07, 6.45) is 7.92. The number of nitrogens with zero attached hydrogens (tertiary/aromatic N) is 3. The van der Waals surface area contributed by atoms with Crippen molar-refractivity contribution in [1.29, 1.82) is 0 Å². The van der Waals surface area contributed by atoms with E-state index in [-0.39, 0.29) is 17.5 Å². The normalized spacial score (nSPS) is 21.7. The third kappa shape index (κ3) is 2.30. The molecular weight excluding hydrogens is 358 g/mol. The van der Waals surface area contributed by atoms with Crippen molar-refractivity contribution >= 4 is 33.4 Å². The van der Waals surface area contributed by atoms with Crippen molar-refractivity contribution in [1.82, 2.24) is 0 Å². The van der Waals surface area contributed by atoms with Gasteiger partial charge in [-0.1, -0.05) is 40.2 Å². The van der Waals surface area contributed by atoms with Crippen LogP contribution in [-0.2, 0) is 16.0 Å². The molecule has 23 heavy (non-hydrogen) atoms. The van der Waals surface area contributed by atoms with Crippen molar-refractivity contribution in [3.8, 4) is 0 Å². The molecular formula is C17H12BrN3O2. The zero-order chi connectivity index (χ0) is 16.0. The number of fused-ring (bicyclic) bond motifs is 2. The molecule has 114 valence electrons. The summed E-state index contributed by atoms with van der Waals surface area (Å²) in [6.45, 7) is 0.606. The Hall–Kier alpha value is -2.34. The predicted molar refractivity (Wildman–Crippen MR) is 88.9 cm³/mol. The van der Waals surface area contributed by atoms with Crippen molar-refractivity contribution in [3.05, 3.63) is 63.8 Å². The fourth-order valence-electron chi connectivity index (χ4n) is 3.08. The quantitative estimate of drug-likeness (QED) is 0.761. The third-order valence-electron chi connectivity index (χ3n) is 4.20. The molecule has 2 amide bonds. The van der Waals surface area contributed by atoms with Gasteiger partial charge in [0.2, 0.25) is 0 Å². The second-order valence-electron chi connectivity index (χ2n) is 5.54. The Morgan fingerprint density at radius 3 is 3.00 bits per heavy atom. The number of rotatable bonds is 1. The summed E-state index contributed by atoms with van der Waals surface area (Å²) in [6, 6.07) is 5.87. The van der Waals surface area contributed by atoms with Crippen LogP contribution >= 0.6 is 15.9 Å². The predicted octanol–water partition coefficient (Wildman–Crippen LogP) is 3.33. The first-order valence-electron chi connectivity index (χ1n) is 7.30. The highest BCUT2D eigenvalue weighted by molar-refractivity contribution is 9.10. The average Bonchev–Trinajstić information content (AvgIpc) is 2.98. The van der Waals surface area contributed by atoms with Crippen LogP contribution in [0.3, 0.4) is 0 Å². The van der Waals surface area contributed by atoms with Crippen LogP contribution in [0.1, 0.15) is 5.56 Å². The van der Waals surface area contributed by atoms with E-state index in [1.54, 1.807) is 23.1 Å². The highest BCUT2D eigenvalue weighted by Crippen LogP contribution is 2.34. The smallest absolute Gasteiger partial charge is 0.279 e. The van der Waals surface area contributed by atoms with Gasteiger partial charge in [0.1, 0.15) is 0 Å². The Labute approximate surface area is 141 Å². The number of halogens is 1. The summed E-state index contributed by atoms with van der Waals surface area (Å²) in [4.78, 5) is 26.5. The van der Waals surface area contributed by atoms with Gasteiger partial charge in [0.05, 0.1) is 5.92 Å². The van der Waals surface area contributed by atoms with Crippen molar-refractivity contribution in [2.75, 3.05) is 11.4 Å². The second-order valence-corrected chi connectivity index (χ2v) is 6.46. The van der Waals surface area contributed by atoms with Crippen LogP contribution < -0.4 is 4.90 Å². The number of hydrogen-bond donors (Lipinski definition) is 0. The van der Waals surface area contributed by atoms with Crippen molar-refractivity contribution in [3.63, 3.8) is 0 Å². The molecule has 0 radical (unpaired) electrons. The topological polar surface area (TPSA) is 62.1 Å². The van der Waals surface area contributed by atoms with E-state index in [1.165, 1.54) is 0 Å². The first-order valence-corrected chi connectivity index (χ1v) is 8.09. The van der Waals surface area contributed by atoms with E-state index in [4.69, 9.17) is 0 Å². The third-order valence-corrected chi connectivity index (χ3v) is 4.69. The highest BCUT2D eigenvalue weighted by atomic mass is 79.9. The van der Waals surface area contributed by atoms with Crippen LogP contribution in [0.2, 0.25) is 0 Å². The maximum Gasteiger partial charge on any atom is 0.279 e. The van der Waals surface area contributed by atoms with Crippen molar-refractivity contribution in [2.45, 2.75) is 6.42 Å². The number of carbonyl (C=O) groups excluding carboxylic acids is 2. The zero-order valence-corrected chi connectivity index (χ0v) is 13.7. The number of carbonyl (C=O) groups is 2. The first-order chi connectivity index (χ1) is 11.1. The SMILES string of the molecule is O=C1N=NC(C(=O)N2CCc3cc(Br)ccc32)=C2C=CC=CC12. The Bertz CT molecular complexity index is 851. The van der Waals surface area contributed by atoms with Crippen LogP contribution in [0.5, 0.6) is 0 Å². The van der Waals surface area contributed by atoms with E-state index in [1.807, 2.05) is 24.3 Å². The lowest BCUT2D eigenvalue weighted by molar-refractivity contribution is -0.120. The molecule has 1 aromatic rings. The number of anilines is 1. The fraction of sp³-hybridized carbons (Fsp3) is 0.176. The summed E-state index contributed by atoms with van der Waals surface area (Å²) in [5.74, 6) is -1.03. The molecule has 0 saturated heterocycles. The van der Waals surface area contributed by atoms with Gasteiger partial charge in [-0.15, -0.1) is 10.2 Å². The monoisotopic (exact) mass is 369 g/mol. The number of benzene rings is 1. The van der Waals surface area contributed by atoms with Gasteiger partial charge in [-0.2, -0.15) is 0 Å². The lowest BCUT2D eigenvalue weighted by Crippen LogP contribution is -2.32. The van der Waals surface area contributed by atoms with Gasteiger partial charge < -0.3 is 4.90 Å². The zero-order valence-electron chi connectivity index (χ0n) is 12.1.